The van der Waals surface area contributed by atoms with Crippen LogP contribution < -0.4 is 14.8 Å². The monoisotopic (exact) mass is 473 g/mol. The Kier molecular flexibility index (Phi) is 7.99. The third-order valence-electron chi connectivity index (χ3n) is 4.59. The summed E-state index contributed by atoms with van der Waals surface area (Å²) in [7, 11) is 0. The molecule has 29 heavy (non-hydrogen) atoms. The topological polar surface area (TPSA) is 30.5 Å². The lowest BCUT2D eigenvalue weighted by molar-refractivity contribution is 0.269. The van der Waals surface area contributed by atoms with Crippen LogP contribution in [-0.4, -0.2) is 6.61 Å². The van der Waals surface area contributed by atoms with Gasteiger partial charge in [0.05, 0.1) is 6.61 Å². The maximum atomic E-state index is 6.06. The average molecular weight is 475 g/mol. The first-order valence-electron chi connectivity index (χ1n) is 9.67. The SMILES string of the molecule is CCOc1cc(CNC(C)c2ccccc2)c(Br)cc1OCc1cccc(Cl)c1. The molecule has 1 atom stereocenters. The number of hydrogen-bond acceptors (Lipinski definition) is 3. The largest absolute Gasteiger partial charge is 0.490 e. The summed E-state index contributed by atoms with van der Waals surface area (Å²) in [5, 5.41) is 4.27. The van der Waals surface area contributed by atoms with Crippen molar-refractivity contribution in [2.75, 3.05) is 6.61 Å². The van der Waals surface area contributed by atoms with E-state index >= 15 is 0 Å². The Bertz CT molecular complexity index is 933. The van der Waals surface area contributed by atoms with Crippen LogP contribution in [0.2, 0.25) is 5.02 Å². The number of rotatable bonds is 9. The Labute approximate surface area is 186 Å². The molecule has 0 aliphatic carbocycles. The molecule has 0 radical (unpaired) electrons. The summed E-state index contributed by atoms with van der Waals surface area (Å²) in [4.78, 5) is 0. The van der Waals surface area contributed by atoms with Crippen molar-refractivity contribution in [3.63, 3.8) is 0 Å². The van der Waals surface area contributed by atoms with Crippen molar-refractivity contribution in [2.45, 2.75) is 33.0 Å². The third-order valence-corrected chi connectivity index (χ3v) is 5.57. The highest BCUT2D eigenvalue weighted by Crippen LogP contribution is 2.35. The van der Waals surface area contributed by atoms with Crippen LogP contribution in [-0.2, 0) is 13.2 Å². The molecule has 3 aromatic carbocycles. The standard InChI is InChI=1S/C24H25BrClNO2/c1-3-28-23-13-20(15-27-17(2)19-9-5-4-6-10-19)22(25)14-24(23)29-16-18-8-7-11-21(26)12-18/h4-14,17,27H,3,15-16H2,1-2H3. The van der Waals surface area contributed by atoms with E-state index in [-0.39, 0.29) is 6.04 Å². The number of hydrogen-bond donors (Lipinski definition) is 1. The summed E-state index contributed by atoms with van der Waals surface area (Å²) < 4.78 is 12.8. The fourth-order valence-corrected chi connectivity index (χ4v) is 3.68. The van der Waals surface area contributed by atoms with Crippen molar-refractivity contribution in [2.24, 2.45) is 0 Å². The minimum atomic E-state index is 0.248. The first kappa shape index (κ1) is 21.7. The molecule has 1 N–H and O–H groups in total. The zero-order chi connectivity index (χ0) is 20.6. The Hall–Kier alpha value is -2.01. The molecule has 0 bridgehead atoms. The van der Waals surface area contributed by atoms with Crippen molar-refractivity contribution in [1.82, 2.24) is 5.32 Å². The lowest BCUT2D eigenvalue weighted by Gasteiger charge is -2.18. The van der Waals surface area contributed by atoms with Crippen LogP contribution in [0, 0.1) is 0 Å². The molecule has 152 valence electrons. The van der Waals surface area contributed by atoms with E-state index in [9.17, 15) is 0 Å². The average Bonchev–Trinajstić information content (AvgIpc) is 2.73. The predicted molar refractivity (Wildman–Crippen MR) is 123 cm³/mol. The molecule has 0 aromatic heterocycles. The van der Waals surface area contributed by atoms with E-state index in [1.54, 1.807) is 0 Å². The summed E-state index contributed by atoms with van der Waals surface area (Å²) in [6.45, 7) is 5.84. The van der Waals surface area contributed by atoms with Crippen molar-refractivity contribution >= 4 is 27.5 Å². The molecule has 3 aromatic rings. The van der Waals surface area contributed by atoms with E-state index in [0.29, 0.717) is 30.5 Å². The van der Waals surface area contributed by atoms with E-state index in [1.807, 2.05) is 49.4 Å². The van der Waals surface area contributed by atoms with Gasteiger partial charge in [0, 0.05) is 22.1 Å². The minimum absolute atomic E-state index is 0.248. The molecule has 0 amide bonds. The van der Waals surface area contributed by atoms with Crippen LogP contribution in [0.4, 0.5) is 0 Å². The summed E-state index contributed by atoms with van der Waals surface area (Å²) in [6, 6.07) is 22.3. The minimum Gasteiger partial charge on any atom is -0.490 e. The summed E-state index contributed by atoms with van der Waals surface area (Å²) >= 11 is 9.74. The van der Waals surface area contributed by atoms with Crippen molar-refractivity contribution in [1.29, 1.82) is 0 Å². The van der Waals surface area contributed by atoms with Gasteiger partial charge in [-0.3, -0.25) is 0 Å². The number of ether oxygens (including phenoxy) is 2. The molecule has 0 spiro atoms. The zero-order valence-electron chi connectivity index (χ0n) is 16.6. The second kappa shape index (κ2) is 10.7. The highest BCUT2D eigenvalue weighted by Gasteiger charge is 2.13. The molecule has 1 unspecified atom stereocenters. The van der Waals surface area contributed by atoms with Crippen LogP contribution in [0.3, 0.4) is 0 Å². The highest BCUT2D eigenvalue weighted by molar-refractivity contribution is 9.10. The van der Waals surface area contributed by atoms with Gasteiger partial charge in [0.1, 0.15) is 6.61 Å². The van der Waals surface area contributed by atoms with Gasteiger partial charge in [0.2, 0.25) is 0 Å². The van der Waals surface area contributed by atoms with Gasteiger partial charge in [0.25, 0.3) is 0 Å². The van der Waals surface area contributed by atoms with Gasteiger partial charge in [-0.15, -0.1) is 0 Å². The van der Waals surface area contributed by atoms with Gasteiger partial charge in [-0.25, -0.2) is 0 Å². The van der Waals surface area contributed by atoms with Gasteiger partial charge in [0.15, 0.2) is 11.5 Å². The second-order valence-electron chi connectivity index (χ2n) is 6.76. The molecule has 3 rings (SSSR count). The smallest absolute Gasteiger partial charge is 0.162 e. The Morgan fingerprint density at radius 3 is 2.45 bits per heavy atom. The number of nitrogens with one attached hydrogen (secondary N) is 1. The molecular weight excluding hydrogens is 450 g/mol. The molecule has 0 saturated heterocycles. The molecule has 3 nitrogen and oxygen atoms in total. The molecule has 0 fully saturated rings. The van der Waals surface area contributed by atoms with Crippen LogP contribution in [0.15, 0.2) is 71.2 Å². The van der Waals surface area contributed by atoms with Crippen molar-refractivity contribution in [3.05, 3.63) is 92.9 Å². The summed E-state index contributed by atoms with van der Waals surface area (Å²) in [6.07, 6.45) is 0. The molecule has 0 saturated carbocycles. The lowest BCUT2D eigenvalue weighted by atomic mass is 10.1. The van der Waals surface area contributed by atoms with Crippen molar-refractivity contribution < 1.29 is 9.47 Å². The third kappa shape index (κ3) is 6.23. The van der Waals surface area contributed by atoms with E-state index in [0.717, 1.165) is 21.3 Å². The van der Waals surface area contributed by atoms with Crippen molar-refractivity contribution in [3.8, 4) is 11.5 Å². The molecular formula is C24H25BrClNO2. The van der Waals surface area contributed by atoms with Crippen LogP contribution in [0.5, 0.6) is 11.5 Å². The first-order chi connectivity index (χ1) is 14.1. The predicted octanol–water partition coefficient (Wildman–Crippen LogP) is 6.93. The van der Waals surface area contributed by atoms with Gasteiger partial charge in [-0.1, -0.05) is 70.0 Å². The van der Waals surface area contributed by atoms with Gasteiger partial charge in [-0.2, -0.15) is 0 Å². The molecule has 0 aliphatic rings. The van der Waals surface area contributed by atoms with Crippen LogP contribution in [0.1, 0.15) is 36.6 Å². The Morgan fingerprint density at radius 2 is 1.72 bits per heavy atom. The first-order valence-corrected chi connectivity index (χ1v) is 10.8. The highest BCUT2D eigenvalue weighted by atomic mass is 79.9. The quantitative estimate of drug-likeness (QED) is 0.365. The molecule has 0 aliphatic heterocycles. The molecule has 0 heterocycles. The van der Waals surface area contributed by atoms with Crippen LogP contribution >= 0.6 is 27.5 Å². The Balaban J connectivity index is 1.71. The van der Waals surface area contributed by atoms with Gasteiger partial charge < -0.3 is 14.8 Å². The summed E-state index contributed by atoms with van der Waals surface area (Å²) in [5.74, 6) is 1.44. The van der Waals surface area contributed by atoms with E-state index in [2.05, 4.69) is 52.4 Å². The van der Waals surface area contributed by atoms with Gasteiger partial charge in [-0.05, 0) is 54.8 Å². The second-order valence-corrected chi connectivity index (χ2v) is 8.05. The maximum Gasteiger partial charge on any atom is 0.162 e. The normalized spacial score (nSPS) is 11.9. The fraction of sp³-hybridized carbons (Fsp3) is 0.250. The van der Waals surface area contributed by atoms with Gasteiger partial charge >= 0.3 is 0 Å². The summed E-state index contributed by atoms with van der Waals surface area (Å²) in [5.41, 5.74) is 3.39. The maximum absolute atomic E-state index is 6.06. The Morgan fingerprint density at radius 1 is 0.966 bits per heavy atom. The number of benzene rings is 3. The van der Waals surface area contributed by atoms with E-state index in [1.165, 1.54) is 5.56 Å². The fourth-order valence-electron chi connectivity index (χ4n) is 3.00. The van der Waals surface area contributed by atoms with Crippen LogP contribution in [0.25, 0.3) is 0 Å². The zero-order valence-corrected chi connectivity index (χ0v) is 19.0. The van der Waals surface area contributed by atoms with E-state index < -0.39 is 0 Å². The molecule has 5 heteroatoms. The number of halogens is 2. The van der Waals surface area contributed by atoms with E-state index in [4.69, 9.17) is 21.1 Å². The lowest BCUT2D eigenvalue weighted by Crippen LogP contribution is -2.18.